The number of hydrogen-bond donors (Lipinski definition) is 0. The van der Waals surface area contributed by atoms with Crippen LogP contribution in [-0.2, 0) is 4.79 Å². The molecule has 1 aromatic carbocycles. The molecular weight excluding hydrogens is 302 g/mol. The largest absolute Gasteiger partial charge is 0.853 e. The molecule has 0 bridgehead atoms. The maximum absolute atomic E-state index is 11.4. The van der Waals surface area contributed by atoms with Gasteiger partial charge in [-0.25, -0.2) is 4.99 Å². The quantitative estimate of drug-likeness (QED) is 0.642. The van der Waals surface area contributed by atoms with Crippen molar-refractivity contribution in [1.29, 1.82) is 0 Å². The summed E-state index contributed by atoms with van der Waals surface area (Å²) in [7, 11) is 0. The minimum atomic E-state index is -0.543. The van der Waals surface area contributed by atoms with E-state index >= 15 is 0 Å². The van der Waals surface area contributed by atoms with Gasteiger partial charge in [0, 0.05) is 22.4 Å². The van der Waals surface area contributed by atoms with Crippen molar-refractivity contribution in [3.63, 3.8) is 0 Å². The molecule has 0 aliphatic carbocycles. The lowest BCUT2D eigenvalue weighted by Gasteiger charge is -1.99. The minimum absolute atomic E-state index is 0.00149. The van der Waals surface area contributed by atoms with E-state index < -0.39 is 11.1 Å². The smallest absolute Gasteiger partial charge is 0.283 e. The lowest BCUT2D eigenvalue weighted by Crippen LogP contribution is -2.08. The Balaban J connectivity index is 1.84. The number of amides is 1. The SMILES string of the molecule is CC(=O)c1ccc(-c2ccc(C=C3SC([O-])=NC3=O)o2)cc1. The van der Waals surface area contributed by atoms with E-state index in [0.717, 1.165) is 17.3 Å². The van der Waals surface area contributed by atoms with E-state index in [-0.39, 0.29) is 10.7 Å². The molecule has 0 fully saturated rings. The van der Waals surface area contributed by atoms with Crippen molar-refractivity contribution in [2.75, 3.05) is 0 Å². The van der Waals surface area contributed by atoms with Gasteiger partial charge in [-0.3, -0.25) is 9.59 Å². The number of carbonyl (C=O) groups excluding carboxylic acids is 2. The Morgan fingerprint density at radius 1 is 1.23 bits per heavy atom. The number of thioether (sulfide) groups is 1. The van der Waals surface area contributed by atoms with E-state index in [1.54, 1.807) is 36.4 Å². The van der Waals surface area contributed by atoms with Crippen molar-refractivity contribution in [1.82, 2.24) is 0 Å². The number of carbonyl (C=O) groups is 2. The molecule has 6 heteroatoms. The number of hydrogen-bond acceptors (Lipinski definition) is 5. The number of rotatable bonds is 3. The molecule has 22 heavy (non-hydrogen) atoms. The highest BCUT2D eigenvalue weighted by molar-refractivity contribution is 8.18. The predicted octanol–water partition coefficient (Wildman–Crippen LogP) is 2.48. The summed E-state index contributed by atoms with van der Waals surface area (Å²) in [5, 5.41) is 10.5. The second kappa shape index (κ2) is 5.65. The van der Waals surface area contributed by atoms with Crippen LogP contribution in [0.2, 0.25) is 0 Å². The van der Waals surface area contributed by atoms with Crippen LogP contribution in [-0.4, -0.2) is 16.9 Å². The average molecular weight is 312 g/mol. The number of nitrogens with zero attached hydrogens (tertiary/aromatic N) is 1. The zero-order valence-corrected chi connectivity index (χ0v) is 12.3. The van der Waals surface area contributed by atoms with Gasteiger partial charge in [-0.15, -0.1) is 0 Å². The normalized spacial score (nSPS) is 16.1. The molecule has 0 saturated carbocycles. The van der Waals surface area contributed by atoms with Crippen LogP contribution in [0.5, 0.6) is 0 Å². The molecule has 0 atom stereocenters. The third-order valence-corrected chi connectivity index (χ3v) is 3.86. The third kappa shape index (κ3) is 2.87. The topological polar surface area (TPSA) is 82.7 Å². The Morgan fingerprint density at radius 2 is 1.95 bits per heavy atom. The van der Waals surface area contributed by atoms with E-state index in [9.17, 15) is 14.7 Å². The number of ketones is 1. The van der Waals surface area contributed by atoms with Crippen LogP contribution in [0.1, 0.15) is 23.0 Å². The lowest BCUT2D eigenvalue weighted by molar-refractivity contribution is -0.205. The fourth-order valence-corrected chi connectivity index (χ4v) is 2.60. The summed E-state index contributed by atoms with van der Waals surface area (Å²) in [6.07, 6.45) is 1.49. The molecule has 2 aromatic rings. The molecule has 1 amide bonds. The summed E-state index contributed by atoms with van der Waals surface area (Å²) in [6, 6.07) is 10.5. The van der Waals surface area contributed by atoms with Gasteiger partial charge in [-0.2, -0.15) is 0 Å². The van der Waals surface area contributed by atoms with Gasteiger partial charge < -0.3 is 9.52 Å². The lowest BCUT2D eigenvalue weighted by atomic mass is 10.1. The highest BCUT2D eigenvalue weighted by atomic mass is 32.2. The summed E-state index contributed by atoms with van der Waals surface area (Å²) in [5.41, 5.74) is 1.45. The fourth-order valence-electron chi connectivity index (χ4n) is 1.97. The highest BCUT2D eigenvalue weighted by Crippen LogP contribution is 2.29. The van der Waals surface area contributed by atoms with E-state index in [1.165, 1.54) is 13.0 Å². The van der Waals surface area contributed by atoms with Crippen molar-refractivity contribution in [3.05, 3.63) is 52.6 Å². The van der Waals surface area contributed by atoms with Crippen molar-refractivity contribution in [2.45, 2.75) is 6.92 Å². The third-order valence-electron chi connectivity index (χ3n) is 3.08. The molecule has 2 heterocycles. The van der Waals surface area contributed by atoms with Gasteiger partial charge in [0.1, 0.15) is 11.5 Å². The first kappa shape index (κ1) is 14.3. The molecule has 0 radical (unpaired) electrons. The molecule has 5 nitrogen and oxygen atoms in total. The zero-order chi connectivity index (χ0) is 15.7. The van der Waals surface area contributed by atoms with Crippen LogP contribution in [0.3, 0.4) is 0 Å². The predicted molar refractivity (Wildman–Crippen MR) is 82.2 cm³/mol. The van der Waals surface area contributed by atoms with Crippen molar-refractivity contribution in [2.24, 2.45) is 4.99 Å². The Bertz CT molecular complexity index is 815. The highest BCUT2D eigenvalue weighted by Gasteiger charge is 2.17. The maximum Gasteiger partial charge on any atom is 0.283 e. The fraction of sp³-hybridized carbons (Fsp3) is 0.0625. The Kier molecular flexibility index (Phi) is 3.68. The zero-order valence-electron chi connectivity index (χ0n) is 11.5. The van der Waals surface area contributed by atoms with Crippen LogP contribution in [0.15, 0.2) is 50.7 Å². The molecular formula is C16H10NO4S-. The standard InChI is InChI=1S/C16H11NO4S/c1-9(18)10-2-4-11(5-3-10)13-7-6-12(21-13)8-14-15(19)17-16(20)22-14/h2-8H,1H3,(H,17,19,20)/p-1. The first-order valence-electron chi connectivity index (χ1n) is 6.44. The summed E-state index contributed by atoms with van der Waals surface area (Å²) in [4.78, 5) is 26.2. The average Bonchev–Trinajstić information content (AvgIpc) is 3.06. The van der Waals surface area contributed by atoms with E-state index in [1.807, 2.05) is 0 Å². The molecule has 110 valence electrons. The molecule has 1 aromatic heterocycles. The second-order valence-corrected chi connectivity index (χ2v) is 5.62. The Hall–Kier alpha value is -2.60. The Labute approximate surface area is 130 Å². The van der Waals surface area contributed by atoms with Crippen molar-refractivity contribution in [3.8, 4) is 11.3 Å². The molecule has 0 saturated heterocycles. The van der Waals surface area contributed by atoms with Gasteiger partial charge in [0.25, 0.3) is 5.91 Å². The van der Waals surface area contributed by atoms with Gasteiger partial charge in [0.05, 0.1) is 4.91 Å². The van der Waals surface area contributed by atoms with Crippen molar-refractivity contribution < 1.29 is 19.1 Å². The van der Waals surface area contributed by atoms with Crippen molar-refractivity contribution >= 4 is 34.8 Å². The minimum Gasteiger partial charge on any atom is -0.853 e. The number of aliphatic imine (C=N–C) groups is 1. The van der Waals surface area contributed by atoms with E-state index in [0.29, 0.717) is 17.1 Å². The molecule has 0 spiro atoms. The molecule has 3 rings (SSSR count). The molecule has 1 aliphatic rings. The van der Waals surface area contributed by atoms with Crippen LogP contribution >= 0.6 is 11.8 Å². The summed E-state index contributed by atoms with van der Waals surface area (Å²) in [5.74, 6) is 0.535. The van der Waals surface area contributed by atoms with Crippen LogP contribution in [0.25, 0.3) is 17.4 Å². The first-order chi connectivity index (χ1) is 10.5. The van der Waals surface area contributed by atoms with Crippen LogP contribution < -0.4 is 5.11 Å². The van der Waals surface area contributed by atoms with Gasteiger partial charge in [0.2, 0.25) is 0 Å². The van der Waals surface area contributed by atoms with Crippen LogP contribution in [0, 0.1) is 0 Å². The maximum atomic E-state index is 11.4. The van der Waals surface area contributed by atoms with Gasteiger partial charge in [0.15, 0.2) is 5.78 Å². The number of benzene rings is 1. The number of Topliss-reactive ketones (excluding diaryl/α,β-unsaturated/α-hetero) is 1. The second-order valence-electron chi connectivity index (χ2n) is 4.63. The number of furan rings is 1. The van der Waals surface area contributed by atoms with Crippen LogP contribution in [0.4, 0.5) is 0 Å². The monoisotopic (exact) mass is 312 g/mol. The van der Waals surface area contributed by atoms with Gasteiger partial charge >= 0.3 is 0 Å². The molecule has 0 unspecified atom stereocenters. The van der Waals surface area contributed by atoms with Gasteiger partial charge in [-0.05, 0) is 19.1 Å². The summed E-state index contributed by atoms with van der Waals surface area (Å²) in [6.45, 7) is 1.51. The summed E-state index contributed by atoms with van der Waals surface area (Å²) >= 11 is 0.787. The first-order valence-corrected chi connectivity index (χ1v) is 7.25. The summed E-state index contributed by atoms with van der Waals surface area (Å²) < 4.78 is 5.64. The Morgan fingerprint density at radius 3 is 2.55 bits per heavy atom. The van der Waals surface area contributed by atoms with E-state index in [4.69, 9.17) is 4.42 Å². The molecule has 0 N–H and O–H groups in total. The van der Waals surface area contributed by atoms with E-state index in [2.05, 4.69) is 4.99 Å². The van der Waals surface area contributed by atoms with Gasteiger partial charge in [-0.1, -0.05) is 36.0 Å². The molecule has 1 aliphatic heterocycles.